The number of hydrogen-bond acceptors (Lipinski definition) is 3. The van der Waals surface area contributed by atoms with E-state index in [9.17, 15) is 19.4 Å². The van der Waals surface area contributed by atoms with E-state index in [-0.39, 0.29) is 30.7 Å². The molecule has 1 aromatic rings. The highest BCUT2D eigenvalue weighted by Crippen LogP contribution is 2.34. The molecule has 134 valence electrons. The second-order valence-electron chi connectivity index (χ2n) is 6.90. The van der Waals surface area contributed by atoms with Crippen molar-refractivity contribution in [3.8, 4) is 0 Å². The van der Waals surface area contributed by atoms with E-state index in [0.29, 0.717) is 19.3 Å². The van der Waals surface area contributed by atoms with Gasteiger partial charge >= 0.3 is 0 Å². The van der Waals surface area contributed by atoms with Crippen LogP contribution in [0.5, 0.6) is 0 Å². The fourth-order valence-electron chi connectivity index (χ4n) is 3.71. The van der Waals surface area contributed by atoms with Crippen LogP contribution in [0.2, 0.25) is 0 Å². The molecular formula is C19H28FNO3. The molecule has 2 atom stereocenters. The number of β-amino-alcohol motifs (C(OH)–C–C–N with tert-alkyl or cyclic N) is 1. The molecule has 1 amide bonds. The summed E-state index contributed by atoms with van der Waals surface area (Å²) in [4.78, 5) is 14.4. The maximum atomic E-state index is 13.1. The van der Waals surface area contributed by atoms with Gasteiger partial charge in [0.1, 0.15) is 5.82 Å². The molecule has 1 fully saturated rings. The number of aliphatic hydroxyl groups is 2. The lowest BCUT2D eigenvalue weighted by Gasteiger charge is -2.31. The molecule has 1 saturated heterocycles. The van der Waals surface area contributed by atoms with Gasteiger partial charge in [-0.1, -0.05) is 38.8 Å². The van der Waals surface area contributed by atoms with Gasteiger partial charge in [0.15, 0.2) is 0 Å². The van der Waals surface area contributed by atoms with Crippen LogP contribution in [0.15, 0.2) is 24.3 Å². The van der Waals surface area contributed by atoms with Crippen LogP contribution in [-0.4, -0.2) is 39.3 Å². The maximum absolute atomic E-state index is 13.1. The number of likely N-dealkylation sites (tertiary alicyclic amines) is 1. The summed E-state index contributed by atoms with van der Waals surface area (Å²) in [6.45, 7) is 4.24. The average molecular weight is 337 g/mol. The molecule has 0 bridgehead atoms. The van der Waals surface area contributed by atoms with Crippen LogP contribution in [0.4, 0.5) is 4.39 Å². The van der Waals surface area contributed by atoms with Crippen molar-refractivity contribution < 1.29 is 19.4 Å². The SMILES string of the molecule is CCCC(O)(CCC)CC(=O)N1C[C@@H](O)C[C@H]1c1ccc(F)cc1. The topological polar surface area (TPSA) is 60.8 Å². The number of aliphatic hydroxyl groups excluding tert-OH is 1. The highest BCUT2D eigenvalue weighted by Gasteiger charge is 2.38. The summed E-state index contributed by atoms with van der Waals surface area (Å²) in [6, 6.07) is 5.78. The maximum Gasteiger partial charge on any atom is 0.226 e. The van der Waals surface area contributed by atoms with Gasteiger partial charge in [0, 0.05) is 6.54 Å². The molecule has 0 saturated carbocycles. The Bertz CT molecular complexity index is 540. The molecule has 1 heterocycles. The van der Waals surface area contributed by atoms with Crippen LogP contribution in [0, 0.1) is 5.82 Å². The first-order chi connectivity index (χ1) is 11.4. The number of halogens is 1. The van der Waals surface area contributed by atoms with Gasteiger partial charge < -0.3 is 15.1 Å². The van der Waals surface area contributed by atoms with E-state index >= 15 is 0 Å². The van der Waals surface area contributed by atoms with Gasteiger partial charge in [0.2, 0.25) is 5.91 Å². The van der Waals surface area contributed by atoms with Crippen molar-refractivity contribution in [3.63, 3.8) is 0 Å². The Morgan fingerprint density at radius 2 is 1.83 bits per heavy atom. The molecular weight excluding hydrogens is 309 g/mol. The Kier molecular flexibility index (Phi) is 6.35. The fourth-order valence-corrected chi connectivity index (χ4v) is 3.71. The van der Waals surface area contributed by atoms with Gasteiger partial charge in [0.05, 0.1) is 24.2 Å². The second-order valence-corrected chi connectivity index (χ2v) is 6.90. The molecule has 0 unspecified atom stereocenters. The highest BCUT2D eigenvalue weighted by atomic mass is 19.1. The minimum Gasteiger partial charge on any atom is -0.391 e. The van der Waals surface area contributed by atoms with E-state index in [2.05, 4.69) is 0 Å². The lowest BCUT2D eigenvalue weighted by molar-refractivity contribution is -0.138. The normalized spacial score (nSPS) is 21.3. The van der Waals surface area contributed by atoms with Gasteiger partial charge in [0.25, 0.3) is 0 Å². The monoisotopic (exact) mass is 337 g/mol. The number of benzene rings is 1. The number of amides is 1. The molecule has 0 spiro atoms. The Morgan fingerprint density at radius 1 is 1.25 bits per heavy atom. The van der Waals surface area contributed by atoms with Crippen molar-refractivity contribution in [3.05, 3.63) is 35.6 Å². The Labute approximate surface area is 143 Å². The molecule has 24 heavy (non-hydrogen) atoms. The molecule has 1 aromatic carbocycles. The first kappa shape index (κ1) is 18.9. The van der Waals surface area contributed by atoms with E-state index in [0.717, 1.165) is 18.4 Å². The fraction of sp³-hybridized carbons (Fsp3) is 0.632. The lowest BCUT2D eigenvalue weighted by atomic mass is 9.88. The first-order valence-corrected chi connectivity index (χ1v) is 8.84. The van der Waals surface area contributed by atoms with Gasteiger partial charge in [-0.05, 0) is 37.0 Å². The molecule has 0 aliphatic carbocycles. The minimum atomic E-state index is -0.985. The third kappa shape index (κ3) is 4.54. The predicted octanol–water partition coefficient (Wildman–Crippen LogP) is 3.18. The molecule has 2 rings (SSSR count). The van der Waals surface area contributed by atoms with Crippen LogP contribution in [0.3, 0.4) is 0 Å². The van der Waals surface area contributed by atoms with Crippen molar-refractivity contribution in [1.82, 2.24) is 4.90 Å². The largest absolute Gasteiger partial charge is 0.391 e. The van der Waals surface area contributed by atoms with Crippen molar-refractivity contribution in [2.75, 3.05) is 6.54 Å². The Hall–Kier alpha value is -1.46. The average Bonchev–Trinajstić information content (AvgIpc) is 2.90. The Balaban J connectivity index is 2.15. The van der Waals surface area contributed by atoms with Gasteiger partial charge in [-0.15, -0.1) is 0 Å². The van der Waals surface area contributed by atoms with Gasteiger partial charge in [-0.3, -0.25) is 4.79 Å². The van der Waals surface area contributed by atoms with Crippen molar-refractivity contribution in [1.29, 1.82) is 0 Å². The molecule has 5 heteroatoms. The molecule has 1 aliphatic rings. The quantitative estimate of drug-likeness (QED) is 0.803. The van der Waals surface area contributed by atoms with Gasteiger partial charge in [-0.25, -0.2) is 4.39 Å². The highest BCUT2D eigenvalue weighted by molar-refractivity contribution is 5.78. The molecule has 2 N–H and O–H groups in total. The summed E-state index contributed by atoms with van der Waals surface area (Å²) < 4.78 is 13.1. The molecule has 1 aliphatic heterocycles. The molecule has 0 aromatic heterocycles. The van der Waals surface area contributed by atoms with Crippen LogP contribution in [0.1, 0.15) is 64.0 Å². The van der Waals surface area contributed by atoms with Gasteiger partial charge in [-0.2, -0.15) is 0 Å². The number of rotatable bonds is 7. The summed E-state index contributed by atoms with van der Waals surface area (Å²) >= 11 is 0. The summed E-state index contributed by atoms with van der Waals surface area (Å²) in [6.07, 6.45) is 2.72. The summed E-state index contributed by atoms with van der Waals surface area (Å²) in [5.74, 6) is -0.472. The van der Waals surface area contributed by atoms with Crippen molar-refractivity contribution >= 4 is 5.91 Å². The van der Waals surface area contributed by atoms with E-state index in [1.54, 1.807) is 17.0 Å². The standard InChI is InChI=1S/C19H28FNO3/c1-3-9-19(24,10-4-2)12-18(23)21-13-16(22)11-17(21)14-5-7-15(20)8-6-14/h5-8,16-17,22,24H,3-4,9-13H2,1-2H3/t16-,17-/m0/s1. The third-order valence-corrected chi connectivity index (χ3v) is 4.77. The van der Waals surface area contributed by atoms with Crippen LogP contribution in [-0.2, 0) is 4.79 Å². The van der Waals surface area contributed by atoms with Crippen LogP contribution >= 0.6 is 0 Å². The van der Waals surface area contributed by atoms with E-state index in [1.165, 1.54) is 12.1 Å². The number of nitrogens with zero attached hydrogens (tertiary/aromatic N) is 1. The van der Waals surface area contributed by atoms with Crippen LogP contribution < -0.4 is 0 Å². The van der Waals surface area contributed by atoms with Crippen LogP contribution in [0.25, 0.3) is 0 Å². The number of carbonyl (C=O) groups excluding carboxylic acids is 1. The minimum absolute atomic E-state index is 0.0685. The van der Waals surface area contributed by atoms with E-state index in [4.69, 9.17) is 0 Å². The lowest BCUT2D eigenvalue weighted by Crippen LogP contribution is -2.39. The zero-order chi connectivity index (χ0) is 17.7. The zero-order valence-electron chi connectivity index (χ0n) is 14.5. The summed E-state index contributed by atoms with van der Waals surface area (Å²) in [5.41, 5.74) is -0.169. The summed E-state index contributed by atoms with van der Waals surface area (Å²) in [5, 5.41) is 20.8. The molecule has 0 radical (unpaired) electrons. The van der Waals surface area contributed by atoms with E-state index in [1.807, 2.05) is 13.8 Å². The van der Waals surface area contributed by atoms with E-state index < -0.39 is 11.7 Å². The number of carbonyl (C=O) groups is 1. The first-order valence-electron chi connectivity index (χ1n) is 8.84. The smallest absolute Gasteiger partial charge is 0.226 e. The van der Waals surface area contributed by atoms with Crippen molar-refractivity contribution in [2.45, 2.75) is 70.1 Å². The predicted molar refractivity (Wildman–Crippen MR) is 90.9 cm³/mol. The summed E-state index contributed by atoms with van der Waals surface area (Å²) in [7, 11) is 0. The molecule has 4 nitrogen and oxygen atoms in total. The van der Waals surface area contributed by atoms with Crippen molar-refractivity contribution in [2.24, 2.45) is 0 Å². The number of hydrogen-bond donors (Lipinski definition) is 2. The second kappa shape index (κ2) is 8.08. The third-order valence-electron chi connectivity index (χ3n) is 4.77. The zero-order valence-corrected chi connectivity index (χ0v) is 14.5. The Morgan fingerprint density at radius 3 is 2.38 bits per heavy atom.